The molecule has 17 heavy (non-hydrogen) atoms. The molecule has 0 amide bonds. The zero-order valence-electron chi connectivity index (χ0n) is 9.24. The second kappa shape index (κ2) is 5.66. The highest BCUT2D eigenvalue weighted by atomic mass is 16.3. The summed E-state index contributed by atoms with van der Waals surface area (Å²) in [6.45, 7) is 0. The van der Waals surface area contributed by atoms with Crippen LogP contribution in [-0.2, 0) is 4.79 Å². The summed E-state index contributed by atoms with van der Waals surface area (Å²) < 4.78 is 5.08. The maximum absolute atomic E-state index is 11.5. The van der Waals surface area contributed by atoms with E-state index in [0.717, 1.165) is 5.56 Å². The second-order valence-electron chi connectivity index (χ2n) is 3.50. The molecule has 1 heterocycles. The van der Waals surface area contributed by atoms with Crippen molar-refractivity contribution < 1.29 is 9.21 Å². The minimum atomic E-state index is -0.0646. The van der Waals surface area contributed by atoms with Crippen LogP contribution in [0.1, 0.15) is 11.3 Å². The third-order valence-corrected chi connectivity index (χ3v) is 2.19. The monoisotopic (exact) mass is 224 g/mol. The zero-order valence-corrected chi connectivity index (χ0v) is 9.24. The highest BCUT2D eigenvalue weighted by molar-refractivity contribution is 6.04. The lowest BCUT2D eigenvalue weighted by molar-refractivity contribution is -0.110. The maximum Gasteiger partial charge on any atom is 0.178 e. The number of hydrogen-bond acceptors (Lipinski definition) is 2. The summed E-state index contributed by atoms with van der Waals surface area (Å²) in [5, 5.41) is 0. The molecule has 1 aromatic heterocycles. The molecule has 1 aromatic carbocycles. The highest BCUT2D eigenvalue weighted by Crippen LogP contribution is 2.04. The fraction of sp³-hybridized carbons (Fsp3) is 0. The first-order valence-corrected chi connectivity index (χ1v) is 5.33. The molecule has 0 bridgehead atoms. The van der Waals surface area contributed by atoms with Crippen molar-refractivity contribution in [3.63, 3.8) is 0 Å². The lowest BCUT2D eigenvalue weighted by Crippen LogP contribution is -1.84. The molecule has 0 N–H and O–H groups in total. The Morgan fingerprint density at radius 1 is 0.941 bits per heavy atom. The first kappa shape index (κ1) is 11.1. The average Bonchev–Trinajstić information content (AvgIpc) is 2.88. The molecule has 0 radical (unpaired) electrons. The third-order valence-electron chi connectivity index (χ3n) is 2.19. The minimum absolute atomic E-state index is 0.0646. The largest absolute Gasteiger partial charge is 0.465 e. The van der Waals surface area contributed by atoms with E-state index in [2.05, 4.69) is 0 Å². The number of carbonyl (C=O) groups excluding carboxylic acids is 1. The average molecular weight is 224 g/mol. The van der Waals surface area contributed by atoms with Gasteiger partial charge < -0.3 is 4.42 Å². The Balaban J connectivity index is 1.96. The van der Waals surface area contributed by atoms with Crippen LogP contribution in [0.5, 0.6) is 0 Å². The smallest absolute Gasteiger partial charge is 0.178 e. The predicted octanol–water partition coefficient (Wildman–Crippen LogP) is 3.58. The molecule has 0 unspecified atom stereocenters. The Bertz CT molecular complexity index is 519. The van der Waals surface area contributed by atoms with Gasteiger partial charge in [-0.2, -0.15) is 0 Å². The standard InChI is InChI=1S/C15H12O2/c16-14(10-11-15-7-4-12-17-15)9-8-13-5-2-1-3-6-13/h1-12H/b9-8+,11-10-. The van der Waals surface area contributed by atoms with Crippen molar-refractivity contribution in [1.82, 2.24) is 0 Å². The van der Waals surface area contributed by atoms with Gasteiger partial charge in [0.05, 0.1) is 6.26 Å². The van der Waals surface area contributed by atoms with Gasteiger partial charge in [-0.15, -0.1) is 0 Å². The van der Waals surface area contributed by atoms with Crippen LogP contribution >= 0.6 is 0 Å². The highest BCUT2D eigenvalue weighted by Gasteiger charge is 1.91. The summed E-state index contributed by atoms with van der Waals surface area (Å²) in [6, 6.07) is 13.3. The number of allylic oxidation sites excluding steroid dienone is 2. The van der Waals surface area contributed by atoms with Crippen molar-refractivity contribution in [3.05, 3.63) is 72.2 Å². The van der Waals surface area contributed by atoms with Crippen molar-refractivity contribution in [2.24, 2.45) is 0 Å². The lowest BCUT2D eigenvalue weighted by atomic mass is 10.2. The molecule has 0 saturated heterocycles. The molecule has 2 nitrogen and oxygen atoms in total. The summed E-state index contributed by atoms with van der Waals surface area (Å²) in [4.78, 5) is 11.5. The van der Waals surface area contributed by atoms with Gasteiger partial charge in [-0.3, -0.25) is 4.79 Å². The van der Waals surface area contributed by atoms with E-state index in [1.54, 1.807) is 30.5 Å². The quantitative estimate of drug-likeness (QED) is 0.743. The number of benzene rings is 1. The summed E-state index contributed by atoms with van der Waals surface area (Å²) >= 11 is 0. The molecule has 0 spiro atoms. The molecule has 0 aliphatic carbocycles. The molecule has 0 aliphatic heterocycles. The molecule has 0 aliphatic rings. The zero-order chi connectivity index (χ0) is 11.9. The molecule has 0 fully saturated rings. The van der Waals surface area contributed by atoms with E-state index in [1.807, 2.05) is 30.3 Å². The van der Waals surface area contributed by atoms with E-state index in [1.165, 1.54) is 12.2 Å². The number of ketones is 1. The van der Waals surface area contributed by atoms with E-state index < -0.39 is 0 Å². The molecular weight excluding hydrogens is 212 g/mol. The molecule has 2 heteroatoms. The van der Waals surface area contributed by atoms with Crippen LogP contribution in [0.4, 0.5) is 0 Å². The summed E-state index contributed by atoms with van der Waals surface area (Å²) in [7, 11) is 0. The topological polar surface area (TPSA) is 30.2 Å². The van der Waals surface area contributed by atoms with Crippen molar-refractivity contribution in [2.75, 3.05) is 0 Å². The molecule has 0 atom stereocenters. The Hall–Kier alpha value is -2.35. The first-order chi connectivity index (χ1) is 8.34. The molecular formula is C15H12O2. The van der Waals surface area contributed by atoms with Gasteiger partial charge in [-0.1, -0.05) is 36.4 Å². The Labute approximate surface area is 99.9 Å². The van der Waals surface area contributed by atoms with Crippen LogP contribution in [0.2, 0.25) is 0 Å². The normalized spacial score (nSPS) is 11.3. The number of rotatable bonds is 4. The van der Waals surface area contributed by atoms with E-state index in [-0.39, 0.29) is 5.78 Å². The molecule has 2 rings (SSSR count). The van der Waals surface area contributed by atoms with Crippen LogP contribution in [0.15, 0.2) is 65.3 Å². The van der Waals surface area contributed by atoms with Crippen molar-refractivity contribution >= 4 is 17.9 Å². The summed E-state index contributed by atoms with van der Waals surface area (Å²) in [6.07, 6.45) is 8.03. The first-order valence-electron chi connectivity index (χ1n) is 5.33. The van der Waals surface area contributed by atoms with Crippen molar-refractivity contribution in [1.29, 1.82) is 0 Å². The number of carbonyl (C=O) groups is 1. The fourth-order valence-electron chi connectivity index (χ4n) is 1.35. The van der Waals surface area contributed by atoms with E-state index >= 15 is 0 Å². The van der Waals surface area contributed by atoms with Crippen LogP contribution in [-0.4, -0.2) is 5.78 Å². The van der Waals surface area contributed by atoms with Gasteiger partial charge in [0.2, 0.25) is 0 Å². The lowest BCUT2D eigenvalue weighted by Gasteiger charge is -1.89. The molecule has 0 saturated carbocycles. The van der Waals surface area contributed by atoms with E-state index in [4.69, 9.17) is 4.42 Å². The van der Waals surface area contributed by atoms with Gasteiger partial charge in [-0.25, -0.2) is 0 Å². The van der Waals surface area contributed by atoms with Gasteiger partial charge in [0.15, 0.2) is 5.78 Å². The fourth-order valence-corrected chi connectivity index (χ4v) is 1.35. The summed E-state index contributed by atoms with van der Waals surface area (Å²) in [5.74, 6) is 0.608. The Morgan fingerprint density at radius 2 is 1.71 bits per heavy atom. The van der Waals surface area contributed by atoms with E-state index in [0.29, 0.717) is 5.76 Å². The SMILES string of the molecule is O=C(/C=C\c1ccco1)/C=C/c1ccccc1. The summed E-state index contributed by atoms with van der Waals surface area (Å²) in [5.41, 5.74) is 1.01. The molecule has 84 valence electrons. The minimum Gasteiger partial charge on any atom is -0.465 e. The van der Waals surface area contributed by atoms with Gasteiger partial charge >= 0.3 is 0 Å². The van der Waals surface area contributed by atoms with Crippen molar-refractivity contribution in [3.8, 4) is 0 Å². The van der Waals surface area contributed by atoms with Crippen LogP contribution in [0, 0.1) is 0 Å². The van der Waals surface area contributed by atoms with Gasteiger partial charge in [0, 0.05) is 0 Å². The van der Waals surface area contributed by atoms with Crippen LogP contribution in [0.25, 0.3) is 12.2 Å². The number of furan rings is 1. The molecule has 2 aromatic rings. The second-order valence-corrected chi connectivity index (χ2v) is 3.50. The third kappa shape index (κ3) is 3.61. The van der Waals surface area contributed by atoms with Crippen molar-refractivity contribution in [2.45, 2.75) is 0 Å². The Kier molecular flexibility index (Phi) is 3.71. The van der Waals surface area contributed by atoms with Gasteiger partial charge in [0.25, 0.3) is 0 Å². The maximum atomic E-state index is 11.5. The Morgan fingerprint density at radius 3 is 2.41 bits per heavy atom. The van der Waals surface area contributed by atoms with Gasteiger partial charge in [0.1, 0.15) is 5.76 Å². The number of hydrogen-bond donors (Lipinski definition) is 0. The van der Waals surface area contributed by atoms with Crippen LogP contribution in [0.3, 0.4) is 0 Å². The van der Waals surface area contributed by atoms with Gasteiger partial charge in [-0.05, 0) is 35.9 Å². The van der Waals surface area contributed by atoms with E-state index in [9.17, 15) is 4.79 Å². The van der Waals surface area contributed by atoms with Crippen LogP contribution < -0.4 is 0 Å². The predicted molar refractivity (Wildman–Crippen MR) is 68.2 cm³/mol.